The van der Waals surface area contributed by atoms with E-state index in [1.807, 2.05) is 6.92 Å². The molecule has 2 amide bonds. The van der Waals surface area contributed by atoms with Gasteiger partial charge in [0.25, 0.3) is 0 Å². The summed E-state index contributed by atoms with van der Waals surface area (Å²) < 4.78 is 0. The number of piperidine rings is 1. The van der Waals surface area contributed by atoms with Gasteiger partial charge in [0.05, 0.1) is 0 Å². The van der Waals surface area contributed by atoms with Crippen LogP contribution in [-0.2, 0) is 9.59 Å². The van der Waals surface area contributed by atoms with Crippen LogP contribution in [0, 0.1) is 16.7 Å². The number of amides is 2. The number of hydrogen-bond acceptors (Lipinski definition) is 2. The SMILES string of the molecule is CC1C(=O)NC(=O)CC12CCCC2(C)C. The van der Waals surface area contributed by atoms with Gasteiger partial charge in [0.1, 0.15) is 0 Å². The summed E-state index contributed by atoms with van der Waals surface area (Å²) in [5, 5.41) is 2.44. The highest BCUT2D eigenvalue weighted by Gasteiger charge is 2.56. The van der Waals surface area contributed by atoms with Crippen molar-refractivity contribution in [3.8, 4) is 0 Å². The van der Waals surface area contributed by atoms with Crippen LogP contribution in [0.2, 0.25) is 0 Å². The smallest absolute Gasteiger partial charge is 0.229 e. The Morgan fingerprint density at radius 2 is 1.93 bits per heavy atom. The van der Waals surface area contributed by atoms with Crippen LogP contribution in [0.3, 0.4) is 0 Å². The molecule has 1 aliphatic carbocycles. The molecule has 0 aromatic carbocycles. The van der Waals surface area contributed by atoms with Crippen LogP contribution in [0.5, 0.6) is 0 Å². The fraction of sp³-hybridized carbons (Fsp3) is 0.833. The maximum Gasteiger partial charge on any atom is 0.229 e. The Morgan fingerprint density at radius 3 is 2.47 bits per heavy atom. The predicted octanol–water partition coefficient (Wildman–Crippen LogP) is 1.87. The summed E-state index contributed by atoms with van der Waals surface area (Å²) in [5.41, 5.74) is 0.0201. The fourth-order valence-corrected chi connectivity index (χ4v) is 3.54. The van der Waals surface area contributed by atoms with Gasteiger partial charge in [-0.3, -0.25) is 14.9 Å². The summed E-state index contributed by atoms with van der Waals surface area (Å²) in [6.45, 7) is 6.36. The molecular weight excluding hydrogens is 190 g/mol. The van der Waals surface area contributed by atoms with Gasteiger partial charge in [-0.15, -0.1) is 0 Å². The first-order valence-corrected chi connectivity index (χ1v) is 5.73. The van der Waals surface area contributed by atoms with E-state index in [0.29, 0.717) is 6.42 Å². The van der Waals surface area contributed by atoms with Crippen LogP contribution >= 0.6 is 0 Å². The average Bonchev–Trinajstić information content (AvgIpc) is 2.39. The van der Waals surface area contributed by atoms with Gasteiger partial charge in [-0.2, -0.15) is 0 Å². The second-order valence-corrected chi connectivity index (χ2v) is 5.70. The Bertz CT molecular complexity index is 322. The third-order valence-corrected chi connectivity index (χ3v) is 4.73. The van der Waals surface area contributed by atoms with Gasteiger partial charge < -0.3 is 0 Å². The van der Waals surface area contributed by atoms with E-state index in [2.05, 4.69) is 19.2 Å². The molecule has 84 valence electrons. The molecule has 2 atom stereocenters. The highest BCUT2D eigenvalue weighted by atomic mass is 16.2. The van der Waals surface area contributed by atoms with Crippen molar-refractivity contribution in [2.75, 3.05) is 0 Å². The molecule has 0 aromatic rings. The quantitative estimate of drug-likeness (QED) is 0.619. The normalized spacial score (nSPS) is 39.5. The van der Waals surface area contributed by atoms with E-state index in [1.54, 1.807) is 0 Å². The fourth-order valence-electron chi connectivity index (χ4n) is 3.54. The van der Waals surface area contributed by atoms with Gasteiger partial charge in [-0.1, -0.05) is 27.2 Å². The van der Waals surface area contributed by atoms with E-state index in [-0.39, 0.29) is 28.6 Å². The minimum atomic E-state index is -0.0909. The molecular formula is C12H19NO2. The van der Waals surface area contributed by atoms with Crippen molar-refractivity contribution in [3.63, 3.8) is 0 Å². The molecule has 1 heterocycles. The molecule has 0 aromatic heterocycles. The summed E-state index contributed by atoms with van der Waals surface area (Å²) in [6.07, 6.45) is 3.79. The minimum absolute atomic E-state index is 0.0345. The number of hydrogen-bond donors (Lipinski definition) is 1. The van der Waals surface area contributed by atoms with Crippen molar-refractivity contribution < 1.29 is 9.59 Å². The van der Waals surface area contributed by atoms with Crippen LogP contribution in [0.1, 0.15) is 46.5 Å². The maximum atomic E-state index is 11.7. The Kier molecular flexibility index (Phi) is 2.18. The van der Waals surface area contributed by atoms with Crippen molar-refractivity contribution in [1.29, 1.82) is 0 Å². The van der Waals surface area contributed by atoms with Gasteiger partial charge in [-0.25, -0.2) is 0 Å². The molecule has 1 spiro atoms. The maximum absolute atomic E-state index is 11.7. The van der Waals surface area contributed by atoms with Crippen molar-refractivity contribution in [2.45, 2.75) is 46.5 Å². The lowest BCUT2D eigenvalue weighted by Crippen LogP contribution is -2.54. The van der Waals surface area contributed by atoms with Crippen LogP contribution in [0.4, 0.5) is 0 Å². The van der Waals surface area contributed by atoms with Gasteiger partial charge in [0.15, 0.2) is 0 Å². The van der Waals surface area contributed by atoms with Crippen LogP contribution in [0.15, 0.2) is 0 Å². The van der Waals surface area contributed by atoms with Crippen LogP contribution < -0.4 is 5.32 Å². The van der Waals surface area contributed by atoms with Gasteiger partial charge in [-0.05, 0) is 23.7 Å². The van der Waals surface area contributed by atoms with E-state index in [1.165, 1.54) is 0 Å². The second kappa shape index (κ2) is 3.06. The molecule has 2 rings (SSSR count). The lowest BCUT2D eigenvalue weighted by molar-refractivity contribution is -0.147. The van der Waals surface area contributed by atoms with E-state index < -0.39 is 0 Å². The van der Waals surface area contributed by atoms with Crippen LogP contribution in [0.25, 0.3) is 0 Å². The molecule has 1 saturated carbocycles. The summed E-state index contributed by atoms with van der Waals surface area (Å²) in [6, 6.07) is 0. The van der Waals surface area contributed by atoms with Gasteiger partial charge in [0, 0.05) is 12.3 Å². The number of carbonyl (C=O) groups is 2. The third kappa shape index (κ3) is 1.32. The number of imide groups is 1. The monoisotopic (exact) mass is 209 g/mol. The molecule has 15 heavy (non-hydrogen) atoms. The zero-order valence-electron chi connectivity index (χ0n) is 9.72. The molecule has 2 fully saturated rings. The summed E-state index contributed by atoms with van der Waals surface area (Å²) in [4.78, 5) is 23.3. The molecule has 0 bridgehead atoms. The summed E-state index contributed by atoms with van der Waals surface area (Å²) >= 11 is 0. The first-order chi connectivity index (χ1) is 6.89. The minimum Gasteiger partial charge on any atom is -0.296 e. The van der Waals surface area contributed by atoms with Gasteiger partial charge in [0.2, 0.25) is 11.8 Å². The Hall–Kier alpha value is -0.860. The number of carbonyl (C=O) groups excluding carboxylic acids is 2. The lowest BCUT2D eigenvalue weighted by Gasteiger charge is -2.47. The van der Waals surface area contributed by atoms with Gasteiger partial charge >= 0.3 is 0 Å². The summed E-state index contributed by atoms with van der Waals surface area (Å²) in [5.74, 6) is -0.206. The molecule has 1 saturated heterocycles. The molecule has 0 radical (unpaired) electrons. The first-order valence-electron chi connectivity index (χ1n) is 5.73. The second-order valence-electron chi connectivity index (χ2n) is 5.70. The zero-order valence-corrected chi connectivity index (χ0v) is 9.72. The topological polar surface area (TPSA) is 46.2 Å². The Labute approximate surface area is 90.6 Å². The van der Waals surface area contributed by atoms with Crippen molar-refractivity contribution in [2.24, 2.45) is 16.7 Å². The molecule has 3 nitrogen and oxygen atoms in total. The standard InChI is InChI=1S/C12H19NO2/c1-8-10(15)13-9(14)7-12(8)6-4-5-11(12,2)3/h8H,4-7H2,1-3H3,(H,13,14,15). The van der Waals surface area contributed by atoms with Crippen molar-refractivity contribution in [1.82, 2.24) is 5.32 Å². The summed E-state index contributed by atoms with van der Waals surface area (Å²) in [7, 11) is 0. The third-order valence-electron chi connectivity index (χ3n) is 4.73. The molecule has 3 heteroatoms. The molecule has 1 aliphatic heterocycles. The van der Waals surface area contributed by atoms with E-state index in [4.69, 9.17) is 0 Å². The van der Waals surface area contributed by atoms with E-state index in [9.17, 15) is 9.59 Å². The largest absolute Gasteiger partial charge is 0.296 e. The molecule has 1 N–H and O–H groups in total. The predicted molar refractivity (Wildman–Crippen MR) is 57.0 cm³/mol. The Balaban J connectivity index is 2.40. The lowest BCUT2D eigenvalue weighted by atomic mass is 9.58. The van der Waals surface area contributed by atoms with Crippen molar-refractivity contribution in [3.05, 3.63) is 0 Å². The molecule has 2 unspecified atom stereocenters. The van der Waals surface area contributed by atoms with Crippen LogP contribution in [-0.4, -0.2) is 11.8 Å². The number of rotatable bonds is 0. The zero-order chi connectivity index (χ0) is 11.3. The van der Waals surface area contributed by atoms with Crippen molar-refractivity contribution >= 4 is 11.8 Å². The van der Waals surface area contributed by atoms with E-state index >= 15 is 0 Å². The van der Waals surface area contributed by atoms with E-state index in [0.717, 1.165) is 19.3 Å². The first kappa shape index (κ1) is 10.7. The molecule has 2 aliphatic rings. The number of nitrogens with one attached hydrogen (secondary N) is 1. The average molecular weight is 209 g/mol. The Morgan fingerprint density at radius 1 is 1.27 bits per heavy atom. The highest BCUT2D eigenvalue weighted by Crippen LogP contribution is 2.59. The highest BCUT2D eigenvalue weighted by molar-refractivity contribution is 5.99.